The molecule has 10 heavy (non-hydrogen) atoms. The monoisotopic (exact) mass is 161 g/mol. The van der Waals surface area contributed by atoms with Gasteiger partial charge in [0.25, 0.3) is 0 Å². The predicted molar refractivity (Wildman–Crippen MR) is 42.9 cm³/mol. The Morgan fingerprint density at radius 3 is 2.90 bits per heavy atom. The number of allylic oxidation sites excluding steroid dienone is 1. The molecule has 0 saturated carbocycles. The van der Waals surface area contributed by atoms with E-state index >= 15 is 0 Å². The second kappa shape index (κ2) is 5.32. The molecule has 0 rings (SSSR count). The summed E-state index contributed by atoms with van der Waals surface area (Å²) in [5.41, 5.74) is 5.20. The van der Waals surface area contributed by atoms with Crippen molar-refractivity contribution in [3.05, 3.63) is 11.5 Å². The summed E-state index contributed by atoms with van der Waals surface area (Å²) >= 11 is 1.40. The zero-order valence-electron chi connectivity index (χ0n) is 5.78. The van der Waals surface area contributed by atoms with Crippen LogP contribution in [-0.4, -0.2) is 22.9 Å². The fraction of sp³-hybridized carbons (Fsp3) is 0.500. The fourth-order valence-electron chi connectivity index (χ4n) is 0.327. The van der Waals surface area contributed by atoms with Crippen LogP contribution in [0.5, 0.6) is 0 Å². The number of thioether (sulfide) groups is 1. The Hall–Kier alpha value is -0.480. The van der Waals surface area contributed by atoms with E-state index in [-0.39, 0.29) is 0 Å². The molecule has 58 valence electrons. The summed E-state index contributed by atoms with van der Waals surface area (Å²) < 4.78 is 0. The number of carboxylic acids is 1. The van der Waals surface area contributed by atoms with E-state index in [0.29, 0.717) is 5.75 Å². The number of carbonyl (C=O) groups is 1. The highest BCUT2D eigenvalue weighted by molar-refractivity contribution is 8.02. The summed E-state index contributed by atoms with van der Waals surface area (Å²) in [6, 6.07) is -0.749. The van der Waals surface area contributed by atoms with Crippen molar-refractivity contribution in [2.75, 3.05) is 5.75 Å². The zero-order chi connectivity index (χ0) is 7.98. The molecule has 0 spiro atoms. The van der Waals surface area contributed by atoms with Gasteiger partial charge in [0.05, 0.1) is 0 Å². The molecule has 0 aliphatic heterocycles. The number of aliphatic carboxylic acids is 1. The Morgan fingerprint density at radius 2 is 2.50 bits per heavy atom. The molecular weight excluding hydrogens is 150 g/mol. The molecule has 1 atom stereocenters. The highest BCUT2D eigenvalue weighted by atomic mass is 32.2. The van der Waals surface area contributed by atoms with E-state index in [9.17, 15) is 4.79 Å². The largest absolute Gasteiger partial charge is 0.480 e. The molecule has 3 N–H and O–H groups in total. The van der Waals surface area contributed by atoms with Gasteiger partial charge in [0.2, 0.25) is 0 Å². The molecule has 0 fully saturated rings. The SMILES string of the molecule is CC=CSCC(N)C(=O)O. The van der Waals surface area contributed by atoms with Crippen molar-refractivity contribution in [2.24, 2.45) is 5.73 Å². The van der Waals surface area contributed by atoms with Gasteiger partial charge in [0.15, 0.2) is 0 Å². The van der Waals surface area contributed by atoms with Crippen molar-refractivity contribution in [1.29, 1.82) is 0 Å². The van der Waals surface area contributed by atoms with Gasteiger partial charge in [0.1, 0.15) is 6.04 Å². The molecule has 0 amide bonds. The van der Waals surface area contributed by atoms with E-state index in [0.717, 1.165) is 0 Å². The van der Waals surface area contributed by atoms with Gasteiger partial charge in [-0.05, 0) is 12.3 Å². The number of hydrogen-bond donors (Lipinski definition) is 2. The van der Waals surface area contributed by atoms with E-state index in [1.165, 1.54) is 11.8 Å². The smallest absolute Gasteiger partial charge is 0.321 e. The zero-order valence-corrected chi connectivity index (χ0v) is 6.60. The highest BCUT2D eigenvalue weighted by Crippen LogP contribution is 2.02. The van der Waals surface area contributed by atoms with Gasteiger partial charge in [-0.3, -0.25) is 4.79 Å². The van der Waals surface area contributed by atoms with Gasteiger partial charge in [-0.25, -0.2) is 0 Å². The second-order valence-corrected chi connectivity index (χ2v) is 2.69. The first-order valence-electron chi connectivity index (χ1n) is 2.89. The van der Waals surface area contributed by atoms with Crippen LogP contribution < -0.4 is 5.73 Å². The average Bonchev–Trinajstić information content (AvgIpc) is 1.88. The Balaban J connectivity index is 3.39. The van der Waals surface area contributed by atoms with E-state index < -0.39 is 12.0 Å². The van der Waals surface area contributed by atoms with Crippen molar-refractivity contribution in [3.8, 4) is 0 Å². The third-order valence-electron chi connectivity index (χ3n) is 0.825. The van der Waals surface area contributed by atoms with Crippen LogP contribution in [0, 0.1) is 0 Å². The van der Waals surface area contributed by atoms with Crippen LogP contribution in [0.1, 0.15) is 6.92 Å². The molecule has 4 heteroatoms. The van der Waals surface area contributed by atoms with Crippen molar-refractivity contribution >= 4 is 17.7 Å². The Bertz CT molecular complexity index is 136. The maximum atomic E-state index is 10.1. The number of nitrogens with two attached hydrogens (primary N) is 1. The van der Waals surface area contributed by atoms with Crippen LogP contribution in [0.15, 0.2) is 11.5 Å². The van der Waals surface area contributed by atoms with Crippen molar-refractivity contribution < 1.29 is 9.90 Å². The quantitative estimate of drug-likeness (QED) is 0.636. The van der Waals surface area contributed by atoms with Crippen LogP contribution in [-0.2, 0) is 4.79 Å². The van der Waals surface area contributed by atoms with Gasteiger partial charge in [-0.15, -0.1) is 11.8 Å². The summed E-state index contributed by atoms with van der Waals surface area (Å²) in [5.74, 6) is -0.517. The van der Waals surface area contributed by atoms with E-state index in [2.05, 4.69) is 0 Å². The summed E-state index contributed by atoms with van der Waals surface area (Å²) in [7, 11) is 0. The summed E-state index contributed by atoms with van der Waals surface area (Å²) in [4.78, 5) is 10.1. The van der Waals surface area contributed by atoms with Gasteiger partial charge in [-0.1, -0.05) is 6.08 Å². The first kappa shape index (κ1) is 9.52. The molecule has 0 radical (unpaired) electrons. The third-order valence-corrected chi connectivity index (χ3v) is 1.84. The summed E-state index contributed by atoms with van der Waals surface area (Å²) in [6.07, 6.45) is 1.85. The lowest BCUT2D eigenvalue weighted by Gasteiger charge is -2.01. The first-order chi connectivity index (χ1) is 4.68. The number of hydrogen-bond acceptors (Lipinski definition) is 3. The van der Waals surface area contributed by atoms with Crippen LogP contribution in [0.3, 0.4) is 0 Å². The molecule has 0 bridgehead atoms. The highest BCUT2D eigenvalue weighted by Gasteiger charge is 2.08. The van der Waals surface area contributed by atoms with Crippen molar-refractivity contribution in [3.63, 3.8) is 0 Å². The van der Waals surface area contributed by atoms with Crippen molar-refractivity contribution in [2.45, 2.75) is 13.0 Å². The van der Waals surface area contributed by atoms with E-state index in [1.54, 1.807) is 0 Å². The molecular formula is C6H11NO2S. The molecule has 1 unspecified atom stereocenters. The standard InChI is InChI=1S/C6H11NO2S/c1-2-3-10-4-5(7)6(8)9/h2-3,5H,4,7H2,1H3,(H,8,9). The molecule has 3 nitrogen and oxygen atoms in total. The molecule has 0 aromatic carbocycles. The van der Waals surface area contributed by atoms with Gasteiger partial charge >= 0.3 is 5.97 Å². The van der Waals surface area contributed by atoms with E-state index in [4.69, 9.17) is 10.8 Å². The van der Waals surface area contributed by atoms with Crippen molar-refractivity contribution in [1.82, 2.24) is 0 Å². The lowest BCUT2D eigenvalue weighted by atomic mass is 10.4. The summed E-state index contributed by atoms with van der Waals surface area (Å²) in [5, 5.41) is 10.1. The molecule has 0 saturated heterocycles. The molecule has 0 aromatic rings. The van der Waals surface area contributed by atoms with Gasteiger partial charge < -0.3 is 10.8 Å². The minimum absolute atomic E-state index is 0.430. The third kappa shape index (κ3) is 4.40. The van der Waals surface area contributed by atoms with Gasteiger partial charge in [-0.2, -0.15) is 0 Å². The number of rotatable bonds is 4. The van der Waals surface area contributed by atoms with Crippen LogP contribution >= 0.6 is 11.8 Å². The Morgan fingerprint density at radius 1 is 1.90 bits per heavy atom. The number of carboxylic acid groups (broad SMARTS) is 1. The minimum atomic E-state index is -0.947. The Kier molecular flexibility index (Phi) is 5.06. The van der Waals surface area contributed by atoms with Crippen LogP contribution in [0.25, 0.3) is 0 Å². The normalized spacial score (nSPS) is 13.8. The topological polar surface area (TPSA) is 63.3 Å². The molecule has 0 aromatic heterocycles. The lowest BCUT2D eigenvalue weighted by Crippen LogP contribution is -2.32. The second-order valence-electron chi connectivity index (χ2n) is 1.75. The van der Waals surface area contributed by atoms with Crippen LogP contribution in [0.2, 0.25) is 0 Å². The van der Waals surface area contributed by atoms with E-state index in [1.807, 2.05) is 18.4 Å². The molecule has 0 aliphatic carbocycles. The Labute approximate surface area is 64.3 Å². The lowest BCUT2D eigenvalue weighted by molar-refractivity contribution is -0.137. The summed E-state index contributed by atoms with van der Waals surface area (Å²) in [6.45, 7) is 1.87. The van der Waals surface area contributed by atoms with Gasteiger partial charge in [0, 0.05) is 5.75 Å². The fourth-order valence-corrected chi connectivity index (χ4v) is 0.980. The average molecular weight is 161 g/mol. The van der Waals surface area contributed by atoms with Crippen LogP contribution in [0.4, 0.5) is 0 Å². The first-order valence-corrected chi connectivity index (χ1v) is 3.94. The maximum absolute atomic E-state index is 10.1. The maximum Gasteiger partial charge on any atom is 0.321 e. The minimum Gasteiger partial charge on any atom is -0.480 e. The molecule has 0 aliphatic rings. The molecule has 0 heterocycles. The predicted octanol–water partition coefficient (Wildman–Crippen LogP) is 0.665.